The first-order valence-corrected chi connectivity index (χ1v) is 7.59. The van der Waals surface area contributed by atoms with E-state index in [1.165, 1.54) is 0 Å². The molecule has 0 heterocycles. The molecule has 0 radical (unpaired) electrons. The zero-order valence-corrected chi connectivity index (χ0v) is 11.5. The van der Waals surface area contributed by atoms with Crippen LogP contribution in [0.4, 0.5) is 0 Å². The molecule has 1 saturated carbocycles. The van der Waals surface area contributed by atoms with E-state index in [1.807, 2.05) is 0 Å². The molecule has 0 bridgehead atoms. The molecule has 0 amide bonds. The Morgan fingerprint density at radius 3 is 2.38 bits per heavy atom. The Morgan fingerprint density at radius 1 is 1.31 bits per heavy atom. The van der Waals surface area contributed by atoms with Crippen LogP contribution in [0.3, 0.4) is 0 Å². The van der Waals surface area contributed by atoms with Crippen LogP contribution in [0.1, 0.15) is 33.6 Å². The van der Waals surface area contributed by atoms with Crippen molar-refractivity contribution in [3.63, 3.8) is 0 Å². The van der Waals surface area contributed by atoms with Crippen LogP contribution in [0.5, 0.6) is 0 Å². The summed E-state index contributed by atoms with van der Waals surface area (Å²) in [5, 5.41) is 2.52. The predicted octanol–water partition coefficient (Wildman–Crippen LogP) is 0.948. The maximum Gasteiger partial charge on any atom is 0.215 e. The maximum atomic E-state index is 12.0. The molecule has 1 aliphatic carbocycles. The Balaban J connectivity index is 2.59. The second kappa shape index (κ2) is 5.47. The van der Waals surface area contributed by atoms with Gasteiger partial charge in [0.15, 0.2) is 0 Å². The quantitative estimate of drug-likeness (QED) is 0.761. The molecule has 0 aromatic carbocycles. The van der Waals surface area contributed by atoms with Gasteiger partial charge < -0.3 is 5.32 Å². The molecular formula is C11H24N2O2S. The van der Waals surface area contributed by atoms with E-state index in [0.29, 0.717) is 18.4 Å². The standard InChI is InChI=1S/C11H24N2O2S/c1-8-5-6-11(10(8)3)13-16(14,15)9(2)7-12-4/h8-13H,5-7H2,1-4H3. The summed E-state index contributed by atoms with van der Waals surface area (Å²) >= 11 is 0. The lowest BCUT2D eigenvalue weighted by Gasteiger charge is -2.22. The fraction of sp³-hybridized carbons (Fsp3) is 1.00. The topological polar surface area (TPSA) is 58.2 Å². The van der Waals surface area contributed by atoms with Gasteiger partial charge in [0.2, 0.25) is 10.0 Å². The van der Waals surface area contributed by atoms with Gasteiger partial charge in [-0.2, -0.15) is 0 Å². The van der Waals surface area contributed by atoms with Crippen molar-refractivity contribution in [2.24, 2.45) is 11.8 Å². The maximum absolute atomic E-state index is 12.0. The van der Waals surface area contributed by atoms with E-state index in [1.54, 1.807) is 14.0 Å². The van der Waals surface area contributed by atoms with Crippen LogP contribution in [0.2, 0.25) is 0 Å². The highest BCUT2D eigenvalue weighted by Gasteiger charge is 2.33. The van der Waals surface area contributed by atoms with E-state index in [2.05, 4.69) is 23.9 Å². The molecule has 16 heavy (non-hydrogen) atoms. The van der Waals surface area contributed by atoms with Crippen molar-refractivity contribution in [1.29, 1.82) is 0 Å². The van der Waals surface area contributed by atoms with Gasteiger partial charge in [-0.15, -0.1) is 0 Å². The van der Waals surface area contributed by atoms with E-state index in [9.17, 15) is 8.42 Å². The fourth-order valence-electron chi connectivity index (χ4n) is 2.26. The van der Waals surface area contributed by atoms with E-state index in [0.717, 1.165) is 12.8 Å². The van der Waals surface area contributed by atoms with Crippen LogP contribution in [0, 0.1) is 11.8 Å². The molecule has 2 N–H and O–H groups in total. The van der Waals surface area contributed by atoms with Crippen molar-refractivity contribution < 1.29 is 8.42 Å². The highest BCUT2D eigenvalue weighted by Crippen LogP contribution is 2.31. The molecular weight excluding hydrogens is 224 g/mol. The van der Waals surface area contributed by atoms with Gasteiger partial charge in [0, 0.05) is 12.6 Å². The average molecular weight is 248 g/mol. The summed E-state index contributed by atoms with van der Waals surface area (Å²) in [5.74, 6) is 1.06. The van der Waals surface area contributed by atoms with Gasteiger partial charge in [-0.3, -0.25) is 0 Å². The van der Waals surface area contributed by atoms with Gasteiger partial charge in [0.1, 0.15) is 0 Å². The summed E-state index contributed by atoms with van der Waals surface area (Å²) in [6.45, 7) is 6.55. The first-order valence-electron chi connectivity index (χ1n) is 6.04. The average Bonchev–Trinajstić information content (AvgIpc) is 2.50. The SMILES string of the molecule is CNCC(C)S(=O)(=O)NC1CCC(C)C1C. The molecule has 0 aliphatic heterocycles. The van der Waals surface area contributed by atoms with Crippen LogP contribution in [0.25, 0.3) is 0 Å². The smallest absolute Gasteiger partial charge is 0.215 e. The van der Waals surface area contributed by atoms with E-state index >= 15 is 0 Å². The summed E-state index contributed by atoms with van der Waals surface area (Å²) in [7, 11) is -1.40. The Labute approximate surface area is 99.2 Å². The van der Waals surface area contributed by atoms with E-state index < -0.39 is 10.0 Å². The van der Waals surface area contributed by atoms with Crippen molar-refractivity contribution in [1.82, 2.24) is 10.0 Å². The molecule has 4 nitrogen and oxygen atoms in total. The van der Waals surface area contributed by atoms with Gasteiger partial charge in [-0.25, -0.2) is 13.1 Å². The summed E-state index contributed by atoms with van der Waals surface area (Å²) in [4.78, 5) is 0. The molecule has 4 atom stereocenters. The lowest BCUT2D eigenvalue weighted by molar-refractivity contribution is 0.400. The van der Waals surface area contributed by atoms with Crippen molar-refractivity contribution in [2.75, 3.05) is 13.6 Å². The third kappa shape index (κ3) is 3.18. The molecule has 5 heteroatoms. The minimum absolute atomic E-state index is 0.124. The summed E-state index contributed by atoms with van der Waals surface area (Å²) in [6.07, 6.45) is 2.09. The molecule has 1 fully saturated rings. The summed E-state index contributed by atoms with van der Waals surface area (Å²) in [6, 6.07) is 0.124. The van der Waals surface area contributed by atoms with E-state index in [4.69, 9.17) is 0 Å². The van der Waals surface area contributed by atoms with Gasteiger partial charge >= 0.3 is 0 Å². The monoisotopic (exact) mass is 248 g/mol. The second-order valence-corrected chi connectivity index (χ2v) is 7.18. The summed E-state index contributed by atoms with van der Waals surface area (Å²) in [5.41, 5.74) is 0. The zero-order chi connectivity index (χ0) is 12.3. The fourth-order valence-corrected chi connectivity index (χ4v) is 3.63. The highest BCUT2D eigenvalue weighted by molar-refractivity contribution is 7.90. The number of nitrogens with one attached hydrogen (secondary N) is 2. The van der Waals surface area contributed by atoms with Gasteiger partial charge in [0.25, 0.3) is 0 Å². The van der Waals surface area contributed by atoms with Gasteiger partial charge in [-0.1, -0.05) is 13.8 Å². The number of rotatable bonds is 5. The van der Waals surface area contributed by atoms with E-state index in [-0.39, 0.29) is 11.3 Å². The van der Waals surface area contributed by atoms with Gasteiger partial charge in [-0.05, 0) is 38.6 Å². The Morgan fingerprint density at radius 2 is 1.94 bits per heavy atom. The molecule has 1 aliphatic rings. The van der Waals surface area contributed by atoms with Crippen LogP contribution < -0.4 is 10.0 Å². The van der Waals surface area contributed by atoms with Gasteiger partial charge in [0.05, 0.1) is 5.25 Å². The first-order chi connectivity index (χ1) is 7.38. The van der Waals surface area contributed by atoms with Crippen molar-refractivity contribution in [2.45, 2.75) is 44.9 Å². The Kier molecular flexibility index (Phi) is 4.76. The predicted molar refractivity (Wildman–Crippen MR) is 66.8 cm³/mol. The lowest BCUT2D eigenvalue weighted by atomic mass is 9.98. The second-order valence-electron chi connectivity index (χ2n) is 5.05. The number of sulfonamides is 1. The molecule has 0 saturated heterocycles. The molecule has 0 aromatic heterocycles. The Bertz CT molecular complexity index is 316. The minimum atomic E-state index is -3.17. The molecule has 4 unspecified atom stereocenters. The third-order valence-corrected chi connectivity index (χ3v) is 5.66. The molecule has 1 rings (SSSR count). The molecule has 0 aromatic rings. The van der Waals surface area contributed by atoms with Crippen molar-refractivity contribution in [3.05, 3.63) is 0 Å². The minimum Gasteiger partial charge on any atom is -0.318 e. The zero-order valence-electron chi connectivity index (χ0n) is 10.7. The highest BCUT2D eigenvalue weighted by atomic mass is 32.2. The van der Waals surface area contributed by atoms with Crippen molar-refractivity contribution in [3.8, 4) is 0 Å². The lowest BCUT2D eigenvalue weighted by Crippen LogP contribution is -2.44. The molecule has 0 spiro atoms. The normalized spacial score (nSPS) is 32.9. The van der Waals surface area contributed by atoms with Crippen molar-refractivity contribution >= 4 is 10.0 Å². The van der Waals surface area contributed by atoms with Crippen LogP contribution in [-0.2, 0) is 10.0 Å². The van der Waals surface area contributed by atoms with Crippen LogP contribution in [-0.4, -0.2) is 33.3 Å². The van der Waals surface area contributed by atoms with Crippen LogP contribution >= 0.6 is 0 Å². The Hall–Kier alpha value is -0.130. The first kappa shape index (κ1) is 13.9. The number of hydrogen-bond acceptors (Lipinski definition) is 3. The van der Waals surface area contributed by atoms with Crippen LogP contribution in [0.15, 0.2) is 0 Å². The third-order valence-electron chi connectivity index (χ3n) is 3.80. The number of hydrogen-bond donors (Lipinski definition) is 2. The largest absolute Gasteiger partial charge is 0.318 e. The molecule has 96 valence electrons. The summed E-state index contributed by atoms with van der Waals surface area (Å²) < 4.78 is 26.8.